The van der Waals surface area contributed by atoms with E-state index >= 15 is 0 Å². The molecule has 0 saturated heterocycles. The van der Waals surface area contributed by atoms with Crippen LogP contribution in [0.3, 0.4) is 0 Å². The number of amides is 1. The topological polar surface area (TPSA) is 37.4 Å². The lowest BCUT2D eigenvalue weighted by Crippen LogP contribution is -2.30. The second-order valence-electron chi connectivity index (χ2n) is 3.63. The molecule has 0 unspecified atom stereocenters. The largest absolute Gasteiger partial charge is 0.304 e. The van der Waals surface area contributed by atoms with Gasteiger partial charge in [0, 0.05) is 6.54 Å². The molecule has 0 bridgehead atoms. The molecule has 0 saturated carbocycles. The van der Waals surface area contributed by atoms with Crippen LogP contribution in [0.2, 0.25) is 0 Å². The summed E-state index contributed by atoms with van der Waals surface area (Å²) in [5.74, 6) is -0.690. The number of rotatable bonds is 4. The van der Waals surface area contributed by atoms with E-state index in [0.29, 0.717) is 11.4 Å². The molecule has 0 radical (unpaired) electrons. The van der Waals surface area contributed by atoms with E-state index in [0.717, 1.165) is 24.9 Å². The number of fused-ring (bicyclic) bond motifs is 1. The summed E-state index contributed by atoms with van der Waals surface area (Å²) in [6, 6.07) is 1.86. The normalized spacial score (nSPS) is 14.9. The Balaban J connectivity index is 2.13. The van der Waals surface area contributed by atoms with Crippen LogP contribution < -0.4 is 4.90 Å². The van der Waals surface area contributed by atoms with Gasteiger partial charge in [0.15, 0.2) is 0 Å². The van der Waals surface area contributed by atoms with E-state index in [1.165, 1.54) is 11.3 Å². The van der Waals surface area contributed by atoms with Crippen molar-refractivity contribution < 1.29 is 9.59 Å². The molecule has 0 fully saturated rings. The van der Waals surface area contributed by atoms with E-state index in [4.69, 9.17) is 0 Å². The Kier molecular flexibility index (Phi) is 2.86. The van der Waals surface area contributed by atoms with Gasteiger partial charge < -0.3 is 4.90 Å². The Morgan fingerprint density at radius 3 is 2.87 bits per heavy atom. The maximum absolute atomic E-state index is 11.6. The highest BCUT2D eigenvalue weighted by Gasteiger charge is 2.36. The molecule has 2 rings (SSSR count). The molecule has 0 spiro atoms. The zero-order valence-corrected chi connectivity index (χ0v) is 9.47. The van der Waals surface area contributed by atoms with Gasteiger partial charge in [-0.05, 0) is 17.9 Å². The first-order chi connectivity index (χ1) is 7.25. The highest BCUT2D eigenvalue weighted by molar-refractivity contribution is 7.14. The van der Waals surface area contributed by atoms with Gasteiger partial charge in [-0.3, -0.25) is 9.59 Å². The molecule has 1 amide bonds. The summed E-state index contributed by atoms with van der Waals surface area (Å²) in [7, 11) is 0. The Hall–Kier alpha value is -1.16. The Labute approximate surface area is 92.7 Å². The maximum Gasteiger partial charge on any atom is 0.300 e. The summed E-state index contributed by atoms with van der Waals surface area (Å²) in [5, 5.41) is 1.86. The SMILES string of the molecule is CCCCCN1C(=O)C(=O)c2sccc21. The third kappa shape index (κ3) is 1.69. The van der Waals surface area contributed by atoms with Gasteiger partial charge >= 0.3 is 0 Å². The first-order valence-corrected chi connectivity index (χ1v) is 6.07. The number of Topliss-reactive ketones (excluding diaryl/α,β-unsaturated/α-hetero) is 1. The highest BCUT2D eigenvalue weighted by Crippen LogP contribution is 2.33. The summed E-state index contributed by atoms with van der Waals surface area (Å²) in [5.41, 5.74) is 0.811. The Morgan fingerprint density at radius 1 is 1.33 bits per heavy atom. The second-order valence-corrected chi connectivity index (χ2v) is 4.54. The van der Waals surface area contributed by atoms with Crippen LogP contribution in [-0.4, -0.2) is 18.2 Å². The van der Waals surface area contributed by atoms with Crippen LogP contribution in [0.15, 0.2) is 11.4 Å². The predicted octanol–water partition coefficient (Wildman–Crippen LogP) is 2.47. The molecule has 0 aliphatic carbocycles. The third-order valence-corrected chi connectivity index (χ3v) is 3.47. The first-order valence-electron chi connectivity index (χ1n) is 5.19. The van der Waals surface area contributed by atoms with Crippen molar-refractivity contribution in [2.45, 2.75) is 26.2 Å². The number of hydrogen-bond acceptors (Lipinski definition) is 3. The minimum absolute atomic E-state index is 0.337. The van der Waals surface area contributed by atoms with Crippen LogP contribution in [0.4, 0.5) is 5.69 Å². The molecule has 0 atom stereocenters. The Morgan fingerprint density at radius 2 is 2.13 bits per heavy atom. The molecule has 0 aromatic carbocycles. The van der Waals surface area contributed by atoms with Gasteiger partial charge in [0.1, 0.15) is 4.88 Å². The molecular weight excluding hydrogens is 210 g/mol. The van der Waals surface area contributed by atoms with Crippen LogP contribution in [-0.2, 0) is 4.79 Å². The standard InChI is InChI=1S/C11H13NO2S/c1-2-3-4-6-12-8-5-7-15-10(8)9(13)11(12)14/h5,7H,2-4,6H2,1H3. The van der Waals surface area contributed by atoms with E-state index in [9.17, 15) is 9.59 Å². The summed E-state index contributed by atoms with van der Waals surface area (Å²) >= 11 is 1.35. The maximum atomic E-state index is 11.6. The summed E-state index contributed by atoms with van der Waals surface area (Å²) in [4.78, 5) is 25.3. The average molecular weight is 223 g/mol. The van der Waals surface area contributed by atoms with Gasteiger partial charge in [-0.2, -0.15) is 0 Å². The molecule has 1 aromatic heterocycles. The van der Waals surface area contributed by atoms with E-state index in [1.807, 2.05) is 11.4 Å². The van der Waals surface area contributed by atoms with Gasteiger partial charge in [0.05, 0.1) is 5.69 Å². The summed E-state index contributed by atoms with van der Waals surface area (Å²) < 4.78 is 0. The monoisotopic (exact) mass is 223 g/mol. The number of unbranched alkanes of at least 4 members (excludes halogenated alkanes) is 2. The summed E-state index contributed by atoms with van der Waals surface area (Å²) in [6.45, 7) is 2.79. The van der Waals surface area contributed by atoms with Gasteiger partial charge in [-0.1, -0.05) is 19.8 Å². The lowest BCUT2D eigenvalue weighted by Gasteiger charge is -2.14. The van der Waals surface area contributed by atoms with Crippen LogP contribution in [0.5, 0.6) is 0 Å². The summed E-state index contributed by atoms with van der Waals surface area (Å²) in [6.07, 6.45) is 3.18. The van der Waals surface area contributed by atoms with Crippen molar-refractivity contribution >= 4 is 28.7 Å². The van der Waals surface area contributed by atoms with Gasteiger partial charge in [-0.25, -0.2) is 0 Å². The van der Waals surface area contributed by atoms with E-state index in [1.54, 1.807) is 4.90 Å². The van der Waals surface area contributed by atoms with Crippen LogP contribution in [0, 0.1) is 0 Å². The highest BCUT2D eigenvalue weighted by atomic mass is 32.1. The van der Waals surface area contributed by atoms with E-state index in [-0.39, 0.29) is 11.7 Å². The Bertz CT molecular complexity index is 397. The minimum atomic E-state index is -0.354. The van der Waals surface area contributed by atoms with Gasteiger partial charge in [0.2, 0.25) is 0 Å². The van der Waals surface area contributed by atoms with Crippen molar-refractivity contribution in [1.29, 1.82) is 0 Å². The van der Waals surface area contributed by atoms with Crippen LogP contribution in [0.25, 0.3) is 0 Å². The lowest BCUT2D eigenvalue weighted by atomic mass is 10.2. The minimum Gasteiger partial charge on any atom is -0.304 e. The van der Waals surface area contributed by atoms with Crippen molar-refractivity contribution in [3.63, 3.8) is 0 Å². The van der Waals surface area contributed by atoms with E-state index < -0.39 is 0 Å². The molecule has 80 valence electrons. The van der Waals surface area contributed by atoms with Crippen molar-refractivity contribution in [1.82, 2.24) is 0 Å². The molecule has 0 N–H and O–H groups in total. The molecule has 2 heterocycles. The lowest BCUT2D eigenvalue weighted by molar-refractivity contribution is -0.114. The predicted molar refractivity (Wildman–Crippen MR) is 60.5 cm³/mol. The number of carbonyl (C=O) groups is 2. The molecule has 3 nitrogen and oxygen atoms in total. The van der Waals surface area contributed by atoms with E-state index in [2.05, 4.69) is 6.92 Å². The molecule has 1 aliphatic heterocycles. The van der Waals surface area contributed by atoms with Crippen molar-refractivity contribution in [3.05, 3.63) is 16.3 Å². The van der Waals surface area contributed by atoms with Crippen LogP contribution in [0.1, 0.15) is 35.9 Å². The first kappa shape index (κ1) is 10.4. The fourth-order valence-electron chi connectivity index (χ4n) is 1.76. The zero-order valence-electron chi connectivity index (χ0n) is 8.66. The number of carbonyl (C=O) groups excluding carboxylic acids is 2. The molecular formula is C11H13NO2S. The third-order valence-electron chi connectivity index (χ3n) is 2.57. The number of ketones is 1. The van der Waals surface area contributed by atoms with Crippen molar-refractivity contribution in [2.24, 2.45) is 0 Å². The van der Waals surface area contributed by atoms with Crippen molar-refractivity contribution in [2.75, 3.05) is 11.4 Å². The molecule has 1 aromatic rings. The number of thiophene rings is 1. The fraction of sp³-hybridized carbons (Fsp3) is 0.455. The van der Waals surface area contributed by atoms with Gasteiger partial charge in [-0.15, -0.1) is 11.3 Å². The smallest absolute Gasteiger partial charge is 0.300 e. The number of nitrogens with zero attached hydrogens (tertiary/aromatic N) is 1. The number of anilines is 1. The fourth-order valence-corrected chi connectivity index (χ4v) is 2.58. The molecule has 15 heavy (non-hydrogen) atoms. The second kappa shape index (κ2) is 4.14. The van der Waals surface area contributed by atoms with Crippen molar-refractivity contribution in [3.8, 4) is 0 Å². The zero-order chi connectivity index (χ0) is 10.8. The van der Waals surface area contributed by atoms with Gasteiger partial charge in [0.25, 0.3) is 11.7 Å². The quantitative estimate of drug-likeness (QED) is 0.581. The molecule has 1 aliphatic rings. The van der Waals surface area contributed by atoms with Crippen LogP contribution >= 0.6 is 11.3 Å². The average Bonchev–Trinajstić information content (AvgIpc) is 2.77. The number of hydrogen-bond donors (Lipinski definition) is 0. The molecule has 4 heteroatoms.